The molecule has 0 unspecified atom stereocenters. The first-order valence-electron chi connectivity index (χ1n) is 7.95. The predicted octanol–water partition coefficient (Wildman–Crippen LogP) is 3.24. The summed E-state index contributed by atoms with van der Waals surface area (Å²) in [4.78, 5) is 37.3. The zero-order valence-electron chi connectivity index (χ0n) is 14.8. The Morgan fingerprint density at radius 2 is 2.00 bits per heavy atom. The normalized spacial score (nSPS) is 11.7. The number of carbonyl (C=O) groups excluding carboxylic acids is 3. The molecule has 27 heavy (non-hydrogen) atoms. The van der Waals surface area contributed by atoms with E-state index in [0.717, 1.165) is 11.3 Å². The van der Waals surface area contributed by atoms with E-state index in [1.54, 1.807) is 36.0 Å². The third-order valence-corrected chi connectivity index (χ3v) is 5.69. The molecule has 0 aliphatic heterocycles. The lowest BCUT2D eigenvalue weighted by atomic mass is 10.1. The number of nitrogens with one attached hydrogen (secondary N) is 1. The van der Waals surface area contributed by atoms with Crippen molar-refractivity contribution in [2.24, 2.45) is 0 Å². The Morgan fingerprint density at radius 3 is 2.63 bits per heavy atom. The fourth-order valence-corrected chi connectivity index (χ4v) is 3.86. The molecule has 9 heteroatoms. The van der Waals surface area contributed by atoms with Crippen LogP contribution in [0.25, 0.3) is 0 Å². The Kier molecular flexibility index (Phi) is 7.70. The number of benzene rings is 1. The maximum atomic E-state index is 12.7. The van der Waals surface area contributed by atoms with Crippen molar-refractivity contribution in [3.05, 3.63) is 51.4 Å². The third-order valence-electron chi connectivity index (χ3n) is 3.75. The Labute approximate surface area is 170 Å². The molecule has 1 aromatic carbocycles. The maximum absolute atomic E-state index is 12.7. The van der Waals surface area contributed by atoms with Crippen LogP contribution < -0.4 is 11.1 Å². The standard InChI is InChI=1S/C18H19ClN2O4S2/c1-25-18(24)13(7-8-26-2)21-17(23)14-9-11(16(20)27-14)15(22)10-5-3-4-6-12(10)19/h3-6,9,13H,7-8,20H2,1-2H3,(H,21,23)/t13-/m0/s1. The van der Waals surface area contributed by atoms with Crippen LogP contribution in [0.15, 0.2) is 30.3 Å². The van der Waals surface area contributed by atoms with Gasteiger partial charge in [0, 0.05) is 5.56 Å². The Hall–Kier alpha value is -2.03. The highest BCUT2D eigenvalue weighted by atomic mass is 35.5. The van der Waals surface area contributed by atoms with Gasteiger partial charge in [-0.25, -0.2) is 4.79 Å². The minimum atomic E-state index is -0.763. The van der Waals surface area contributed by atoms with Crippen LogP contribution in [0.5, 0.6) is 0 Å². The summed E-state index contributed by atoms with van der Waals surface area (Å²) in [5.74, 6) is -0.681. The van der Waals surface area contributed by atoms with Crippen LogP contribution in [-0.4, -0.2) is 42.8 Å². The number of ether oxygens (including phenoxy) is 1. The van der Waals surface area contributed by atoms with Crippen LogP contribution >= 0.6 is 34.7 Å². The van der Waals surface area contributed by atoms with Crippen LogP contribution in [0.4, 0.5) is 5.00 Å². The Morgan fingerprint density at radius 1 is 1.30 bits per heavy atom. The average Bonchev–Trinajstić information content (AvgIpc) is 3.06. The molecule has 2 rings (SSSR count). The van der Waals surface area contributed by atoms with Crippen molar-refractivity contribution < 1.29 is 19.1 Å². The van der Waals surface area contributed by atoms with Crippen LogP contribution in [0.2, 0.25) is 5.02 Å². The minimum Gasteiger partial charge on any atom is -0.467 e. The molecule has 0 fully saturated rings. The van der Waals surface area contributed by atoms with E-state index in [-0.39, 0.29) is 21.2 Å². The van der Waals surface area contributed by atoms with Crippen molar-refractivity contribution in [3.63, 3.8) is 0 Å². The Bertz CT molecular complexity index is 854. The molecule has 0 aliphatic carbocycles. The molecule has 1 heterocycles. The molecule has 6 nitrogen and oxygen atoms in total. The number of hydrogen-bond donors (Lipinski definition) is 2. The lowest BCUT2D eigenvalue weighted by Crippen LogP contribution is -2.41. The van der Waals surface area contributed by atoms with Gasteiger partial charge in [-0.1, -0.05) is 23.7 Å². The molecule has 0 saturated heterocycles. The number of thiophene rings is 1. The van der Waals surface area contributed by atoms with Crippen molar-refractivity contribution >= 4 is 57.4 Å². The highest BCUT2D eigenvalue weighted by Gasteiger charge is 2.25. The zero-order valence-corrected chi connectivity index (χ0v) is 17.2. The van der Waals surface area contributed by atoms with E-state index >= 15 is 0 Å². The lowest BCUT2D eigenvalue weighted by molar-refractivity contribution is -0.142. The number of ketones is 1. The number of methoxy groups -OCH3 is 1. The maximum Gasteiger partial charge on any atom is 0.328 e. The van der Waals surface area contributed by atoms with Gasteiger partial charge >= 0.3 is 5.97 Å². The van der Waals surface area contributed by atoms with Gasteiger partial charge in [-0.2, -0.15) is 11.8 Å². The molecule has 0 saturated carbocycles. The quantitative estimate of drug-likeness (QED) is 0.496. The van der Waals surface area contributed by atoms with E-state index in [1.807, 2.05) is 6.26 Å². The van der Waals surface area contributed by atoms with E-state index in [2.05, 4.69) is 5.32 Å². The van der Waals surface area contributed by atoms with E-state index < -0.39 is 17.9 Å². The number of esters is 1. The molecule has 0 bridgehead atoms. The van der Waals surface area contributed by atoms with Crippen LogP contribution in [0.3, 0.4) is 0 Å². The molecule has 0 spiro atoms. The summed E-state index contributed by atoms with van der Waals surface area (Å²) < 4.78 is 4.73. The van der Waals surface area contributed by atoms with Gasteiger partial charge < -0.3 is 15.8 Å². The monoisotopic (exact) mass is 426 g/mol. The number of rotatable bonds is 8. The number of anilines is 1. The van der Waals surface area contributed by atoms with Gasteiger partial charge in [-0.3, -0.25) is 9.59 Å². The van der Waals surface area contributed by atoms with Crippen LogP contribution in [0.1, 0.15) is 32.0 Å². The van der Waals surface area contributed by atoms with Gasteiger partial charge in [-0.05, 0) is 36.6 Å². The number of halogens is 1. The molecule has 0 radical (unpaired) electrons. The van der Waals surface area contributed by atoms with Crippen molar-refractivity contribution in [3.8, 4) is 0 Å². The van der Waals surface area contributed by atoms with Gasteiger partial charge in [-0.15, -0.1) is 11.3 Å². The SMILES string of the molecule is COC(=O)[C@H](CCSC)NC(=O)c1cc(C(=O)c2ccccc2Cl)c(N)s1. The zero-order chi connectivity index (χ0) is 20.0. The van der Waals surface area contributed by atoms with E-state index in [9.17, 15) is 14.4 Å². The van der Waals surface area contributed by atoms with Crippen molar-refractivity contribution in [2.45, 2.75) is 12.5 Å². The average molecular weight is 427 g/mol. The fraction of sp³-hybridized carbons (Fsp3) is 0.278. The predicted molar refractivity (Wildman–Crippen MR) is 110 cm³/mol. The molecule has 144 valence electrons. The van der Waals surface area contributed by atoms with Crippen molar-refractivity contribution in [2.75, 3.05) is 24.9 Å². The second-order valence-corrected chi connectivity index (χ2v) is 8.00. The van der Waals surface area contributed by atoms with Crippen molar-refractivity contribution in [1.82, 2.24) is 5.32 Å². The fourth-order valence-electron chi connectivity index (χ4n) is 2.34. The molecule has 1 aromatic heterocycles. The first-order chi connectivity index (χ1) is 12.9. The summed E-state index contributed by atoms with van der Waals surface area (Å²) in [6.07, 6.45) is 2.34. The number of hydrogen-bond acceptors (Lipinski definition) is 7. The third kappa shape index (κ3) is 5.24. The number of nitrogens with two attached hydrogens (primary N) is 1. The number of amides is 1. The highest BCUT2D eigenvalue weighted by Crippen LogP contribution is 2.29. The van der Waals surface area contributed by atoms with Crippen molar-refractivity contribution in [1.29, 1.82) is 0 Å². The van der Waals surface area contributed by atoms with E-state index in [0.29, 0.717) is 22.8 Å². The Balaban J connectivity index is 2.21. The second-order valence-electron chi connectivity index (χ2n) is 5.53. The smallest absolute Gasteiger partial charge is 0.328 e. The number of nitrogen functional groups attached to an aromatic ring is 1. The van der Waals surface area contributed by atoms with E-state index in [1.165, 1.54) is 13.2 Å². The lowest BCUT2D eigenvalue weighted by Gasteiger charge is -2.15. The van der Waals surface area contributed by atoms with Gasteiger partial charge in [0.25, 0.3) is 5.91 Å². The molecule has 0 aliphatic rings. The molecular formula is C18H19ClN2O4S2. The first kappa shape index (κ1) is 21.3. The summed E-state index contributed by atoms with van der Waals surface area (Å²) in [5, 5.41) is 3.16. The number of thioether (sulfide) groups is 1. The molecular weight excluding hydrogens is 408 g/mol. The minimum absolute atomic E-state index is 0.206. The summed E-state index contributed by atoms with van der Waals surface area (Å²) in [7, 11) is 1.27. The molecule has 3 N–H and O–H groups in total. The molecule has 1 atom stereocenters. The topological polar surface area (TPSA) is 98.5 Å². The van der Waals surface area contributed by atoms with E-state index in [4.69, 9.17) is 22.1 Å². The summed E-state index contributed by atoms with van der Waals surface area (Å²) in [5.41, 5.74) is 6.46. The van der Waals surface area contributed by atoms with Gasteiger partial charge in [0.15, 0.2) is 5.78 Å². The molecule has 1 amide bonds. The number of carbonyl (C=O) groups is 3. The summed E-state index contributed by atoms with van der Waals surface area (Å²) in [6.45, 7) is 0. The van der Waals surface area contributed by atoms with Gasteiger partial charge in [0.2, 0.25) is 0 Å². The summed E-state index contributed by atoms with van der Waals surface area (Å²) in [6, 6.07) is 7.28. The van der Waals surface area contributed by atoms with Gasteiger partial charge in [0.05, 0.1) is 27.6 Å². The summed E-state index contributed by atoms with van der Waals surface area (Å²) >= 11 is 8.61. The van der Waals surface area contributed by atoms with Gasteiger partial charge in [0.1, 0.15) is 6.04 Å². The van der Waals surface area contributed by atoms with Crippen LogP contribution in [0, 0.1) is 0 Å². The second kappa shape index (κ2) is 9.77. The highest BCUT2D eigenvalue weighted by molar-refractivity contribution is 7.98. The largest absolute Gasteiger partial charge is 0.467 e. The first-order valence-corrected chi connectivity index (χ1v) is 10.5. The molecule has 2 aromatic rings. The van der Waals surface area contributed by atoms with Crippen LogP contribution in [-0.2, 0) is 9.53 Å².